The lowest BCUT2D eigenvalue weighted by Gasteiger charge is -2.23. The highest BCUT2D eigenvalue weighted by Gasteiger charge is 2.28. The Morgan fingerprint density at radius 1 is 1.19 bits per heavy atom. The Morgan fingerprint density at radius 3 is 2.84 bits per heavy atom. The minimum Gasteiger partial charge on any atom is -0.485 e. The minimum atomic E-state index is -0.517. The molecule has 2 aliphatic rings. The fourth-order valence-electron chi connectivity index (χ4n) is 3.75. The maximum Gasteiger partial charge on any atom is 0.277 e. The molecule has 2 amide bonds. The molecule has 2 aromatic heterocycles. The highest BCUT2D eigenvalue weighted by atomic mass is 32.2. The van der Waals surface area contributed by atoms with Crippen LogP contribution in [0.3, 0.4) is 0 Å². The van der Waals surface area contributed by atoms with E-state index in [0.29, 0.717) is 22.1 Å². The minimum absolute atomic E-state index is 0.0489. The first-order chi connectivity index (χ1) is 15.6. The van der Waals surface area contributed by atoms with Gasteiger partial charge in [-0.05, 0) is 43.4 Å². The van der Waals surface area contributed by atoms with Crippen LogP contribution in [0.25, 0.3) is 0 Å². The van der Waals surface area contributed by atoms with Gasteiger partial charge in [0.2, 0.25) is 12.0 Å². The summed E-state index contributed by atoms with van der Waals surface area (Å²) in [6.45, 7) is 0.253. The van der Waals surface area contributed by atoms with Gasteiger partial charge in [-0.1, -0.05) is 23.9 Å². The van der Waals surface area contributed by atoms with Crippen LogP contribution in [0.5, 0.6) is 11.5 Å². The van der Waals surface area contributed by atoms with E-state index >= 15 is 0 Å². The molecule has 0 radical (unpaired) electrons. The first-order valence-electron chi connectivity index (χ1n) is 10.2. The third-order valence-corrected chi connectivity index (χ3v) is 7.23. The van der Waals surface area contributed by atoms with Crippen molar-refractivity contribution in [3.05, 3.63) is 46.2 Å². The number of aromatic nitrogens is 2. The lowest BCUT2D eigenvalue weighted by Crippen LogP contribution is -2.21. The zero-order valence-electron chi connectivity index (χ0n) is 17.0. The Kier molecular flexibility index (Phi) is 5.75. The number of para-hydroxylation sites is 2. The van der Waals surface area contributed by atoms with Crippen LogP contribution in [0, 0.1) is 0 Å². The van der Waals surface area contributed by atoms with E-state index in [2.05, 4.69) is 15.5 Å². The first kappa shape index (κ1) is 20.8. The third kappa shape index (κ3) is 4.17. The second-order valence-electron chi connectivity index (χ2n) is 7.39. The molecule has 0 spiro atoms. The lowest BCUT2D eigenvalue weighted by molar-refractivity contribution is -0.113. The van der Waals surface area contributed by atoms with Gasteiger partial charge in [-0.3, -0.25) is 9.59 Å². The number of nitrogens with zero attached hydrogens (tertiary/aromatic N) is 2. The number of rotatable bonds is 6. The topological polar surface area (TPSA) is 130 Å². The fourth-order valence-corrected chi connectivity index (χ4v) is 5.64. The Bertz CT molecular complexity index is 1170. The molecule has 3 N–H and O–H groups in total. The van der Waals surface area contributed by atoms with Gasteiger partial charge in [-0.25, -0.2) is 0 Å². The first-order valence-corrected chi connectivity index (χ1v) is 12.0. The SMILES string of the molecule is NC(=O)c1c(NC(=O)CSc2nnc([C@H]3COc4ccccc4O3)o2)sc2c1CCCC2. The van der Waals surface area contributed by atoms with Gasteiger partial charge in [-0.2, -0.15) is 0 Å². The van der Waals surface area contributed by atoms with Gasteiger partial charge in [-0.15, -0.1) is 21.5 Å². The third-order valence-electron chi connectivity index (χ3n) is 5.20. The summed E-state index contributed by atoms with van der Waals surface area (Å²) in [6.07, 6.45) is 3.31. The lowest BCUT2D eigenvalue weighted by atomic mass is 9.95. The number of hydrogen-bond acceptors (Lipinski definition) is 9. The zero-order chi connectivity index (χ0) is 22.1. The van der Waals surface area contributed by atoms with Crippen LogP contribution >= 0.6 is 23.1 Å². The second-order valence-corrected chi connectivity index (χ2v) is 9.42. The summed E-state index contributed by atoms with van der Waals surface area (Å²) < 4.78 is 17.2. The van der Waals surface area contributed by atoms with Crippen molar-refractivity contribution in [2.24, 2.45) is 5.73 Å². The van der Waals surface area contributed by atoms with E-state index in [1.54, 1.807) is 6.07 Å². The van der Waals surface area contributed by atoms with Crippen molar-refractivity contribution in [2.45, 2.75) is 37.0 Å². The zero-order valence-corrected chi connectivity index (χ0v) is 18.6. The Balaban J connectivity index is 1.20. The standard InChI is InChI=1S/C21H20N4O5S2/c22-18(27)17-11-5-1-4-8-15(11)32-20(17)23-16(26)10-31-21-25-24-19(30-21)14-9-28-12-6-2-3-7-13(12)29-14/h2-3,6-7,14H,1,4-5,8-10H2,(H2,22,27)(H,23,26)/t14-/m1/s1. The van der Waals surface area contributed by atoms with Crippen LogP contribution in [0.1, 0.15) is 45.6 Å². The molecule has 1 aliphatic heterocycles. The molecule has 1 atom stereocenters. The molecule has 32 heavy (non-hydrogen) atoms. The van der Waals surface area contributed by atoms with Crippen LogP contribution < -0.4 is 20.5 Å². The molecule has 166 valence electrons. The number of carbonyl (C=O) groups excluding carboxylic acids is 2. The van der Waals surface area contributed by atoms with Crippen molar-refractivity contribution >= 4 is 39.9 Å². The van der Waals surface area contributed by atoms with Gasteiger partial charge in [0.1, 0.15) is 11.6 Å². The molecule has 5 rings (SSSR count). The number of aryl methyl sites for hydroxylation is 1. The molecular formula is C21H20N4O5S2. The molecule has 11 heteroatoms. The van der Waals surface area contributed by atoms with Gasteiger partial charge >= 0.3 is 0 Å². The second kappa shape index (κ2) is 8.83. The molecule has 1 aliphatic carbocycles. The Morgan fingerprint density at radius 2 is 2.00 bits per heavy atom. The maximum absolute atomic E-state index is 12.5. The number of anilines is 1. The van der Waals surface area contributed by atoms with Gasteiger partial charge in [0.15, 0.2) is 11.5 Å². The summed E-state index contributed by atoms with van der Waals surface area (Å²) >= 11 is 2.54. The molecule has 0 fully saturated rings. The highest BCUT2D eigenvalue weighted by Crippen LogP contribution is 2.38. The van der Waals surface area contributed by atoms with Crippen molar-refractivity contribution in [3.63, 3.8) is 0 Å². The average molecular weight is 473 g/mol. The van der Waals surface area contributed by atoms with Crippen molar-refractivity contribution in [2.75, 3.05) is 17.7 Å². The molecule has 1 aromatic carbocycles. The number of primary amides is 1. The van der Waals surface area contributed by atoms with E-state index in [4.69, 9.17) is 19.6 Å². The fraction of sp³-hybridized carbons (Fsp3) is 0.333. The van der Waals surface area contributed by atoms with E-state index in [0.717, 1.165) is 47.9 Å². The molecular weight excluding hydrogens is 452 g/mol. The predicted molar refractivity (Wildman–Crippen MR) is 118 cm³/mol. The van der Waals surface area contributed by atoms with Crippen LogP contribution in [0.4, 0.5) is 5.00 Å². The molecule has 3 heterocycles. The van der Waals surface area contributed by atoms with Crippen LogP contribution in [-0.4, -0.2) is 34.4 Å². The number of fused-ring (bicyclic) bond motifs is 2. The molecule has 0 unspecified atom stereocenters. The number of ether oxygens (including phenoxy) is 2. The number of thiophene rings is 1. The quantitative estimate of drug-likeness (QED) is 0.523. The molecule has 0 saturated carbocycles. The molecule has 3 aromatic rings. The van der Waals surface area contributed by atoms with Crippen molar-refractivity contribution < 1.29 is 23.5 Å². The summed E-state index contributed by atoms with van der Waals surface area (Å²) in [5.41, 5.74) is 7.01. The van der Waals surface area contributed by atoms with Crippen LogP contribution in [0.2, 0.25) is 0 Å². The summed E-state index contributed by atoms with van der Waals surface area (Å²) in [5.74, 6) is 0.823. The van der Waals surface area contributed by atoms with Gasteiger partial charge in [0.25, 0.3) is 17.0 Å². The molecule has 0 bridgehead atoms. The predicted octanol–water partition coefficient (Wildman–Crippen LogP) is 3.35. The Hall–Kier alpha value is -3.05. The van der Waals surface area contributed by atoms with E-state index < -0.39 is 12.0 Å². The van der Waals surface area contributed by atoms with E-state index in [-0.39, 0.29) is 29.4 Å². The Labute approximate surface area is 191 Å². The maximum atomic E-state index is 12.5. The average Bonchev–Trinajstić information content (AvgIpc) is 3.41. The van der Waals surface area contributed by atoms with Crippen molar-refractivity contribution in [1.82, 2.24) is 10.2 Å². The number of hydrogen-bond donors (Lipinski definition) is 2. The number of nitrogens with two attached hydrogens (primary N) is 1. The van der Waals surface area contributed by atoms with Crippen molar-refractivity contribution in [1.29, 1.82) is 0 Å². The number of benzene rings is 1. The summed E-state index contributed by atoms with van der Waals surface area (Å²) in [6, 6.07) is 7.35. The highest BCUT2D eigenvalue weighted by molar-refractivity contribution is 7.99. The summed E-state index contributed by atoms with van der Waals surface area (Å²) in [5, 5.41) is 11.6. The number of thioether (sulfide) groups is 1. The van der Waals surface area contributed by atoms with Gasteiger partial charge in [0.05, 0.1) is 11.3 Å². The molecule has 0 saturated heterocycles. The number of carbonyl (C=O) groups is 2. The smallest absolute Gasteiger partial charge is 0.277 e. The number of nitrogens with one attached hydrogen (secondary N) is 1. The van der Waals surface area contributed by atoms with E-state index in [1.807, 2.05) is 18.2 Å². The monoisotopic (exact) mass is 472 g/mol. The summed E-state index contributed by atoms with van der Waals surface area (Å²) in [4.78, 5) is 25.6. The largest absolute Gasteiger partial charge is 0.485 e. The van der Waals surface area contributed by atoms with Crippen LogP contribution in [0.15, 0.2) is 33.9 Å². The summed E-state index contributed by atoms with van der Waals surface area (Å²) in [7, 11) is 0. The van der Waals surface area contributed by atoms with Crippen molar-refractivity contribution in [3.8, 4) is 11.5 Å². The number of amides is 2. The molecule has 9 nitrogen and oxygen atoms in total. The van der Waals surface area contributed by atoms with Gasteiger partial charge < -0.3 is 24.9 Å². The van der Waals surface area contributed by atoms with Crippen LogP contribution in [-0.2, 0) is 17.6 Å². The van der Waals surface area contributed by atoms with E-state index in [9.17, 15) is 9.59 Å². The normalized spacial score (nSPS) is 16.9. The van der Waals surface area contributed by atoms with E-state index in [1.165, 1.54) is 11.3 Å². The van der Waals surface area contributed by atoms with Gasteiger partial charge in [0, 0.05) is 4.88 Å².